The summed E-state index contributed by atoms with van der Waals surface area (Å²) in [4.78, 5) is 0. The Morgan fingerprint density at radius 2 is 2.07 bits per heavy atom. The van der Waals surface area contributed by atoms with Gasteiger partial charge >= 0.3 is 0 Å². The molecule has 3 rings (SSSR count). The van der Waals surface area contributed by atoms with E-state index < -0.39 is 0 Å². The lowest BCUT2D eigenvalue weighted by atomic mass is 9.87. The van der Waals surface area contributed by atoms with E-state index in [1.165, 1.54) is 12.0 Å². The number of nitrogens with one attached hydrogen (secondary N) is 1. The zero-order valence-electron chi connectivity index (χ0n) is 8.61. The Balaban J connectivity index is 0.000000853. The van der Waals surface area contributed by atoms with Crippen LogP contribution in [-0.4, -0.2) is 19.7 Å². The number of ether oxygens (including phenoxy) is 1. The summed E-state index contributed by atoms with van der Waals surface area (Å²) >= 11 is 0. The summed E-state index contributed by atoms with van der Waals surface area (Å²) in [6, 6.07) is 8.48. The van der Waals surface area contributed by atoms with E-state index in [9.17, 15) is 0 Å². The van der Waals surface area contributed by atoms with Crippen LogP contribution in [0.15, 0.2) is 24.3 Å². The second-order valence-corrected chi connectivity index (χ2v) is 4.20. The third kappa shape index (κ3) is 1.84. The van der Waals surface area contributed by atoms with E-state index in [2.05, 4.69) is 29.6 Å². The summed E-state index contributed by atoms with van der Waals surface area (Å²) in [7, 11) is 0. The van der Waals surface area contributed by atoms with Crippen LogP contribution in [0.2, 0.25) is 0 Å². The monoisotopic (exact) mass is 225 g/mol. The first-order valence-electron chi connectivity index (χ1n) is 5.37. The van der Waals surface area contributed by atoms with E-state index in [4.69, 9.17) is 4.74 Å². The first-order valence-corrected chi connectivity index (χ1v) is 5.37. The molecule has 2 heterocycles. The Morgan fingerprint density at radius 3 is 3.00 bits per heavy atom. The van der Waals surface area contributed by atoms with Crippen molar-refractivity contribution in [2.45, 2.75) is 12.3 Å². The molecule has 15 heavy (non-hydrogen) atoms. The first-order chi connectivity index (χ1) is 6.95. The van der Waals surface area contributed by atoms with Crippen LogP contribution in [0.25, 0.3) is 0 Å². The van der Waals surface area contributed by atoms with Crippen LogP contribution < -0.4 is 10.1 Å². The molecular weight excluding hydrogens is 210 g/mol. The van der Waals surface area contributed by atoms with E-state index in [-0.39, 0.29) is 12.4 Å². The largest absolute Gasteiger partial charge is 0.493 e. The molecule has 0 bridgehead atoms. The fourth-order valence-corrected chi connectivity index (χ4v) is 2.64. The molecule has 2 aliphatic rings. The Labute approximate surface area is 96.4 Å². The van der Waals surface area contributed by atoms with Crippen LogP contribution in [0.1, 0.15) is 17.9 Å². The van der Waals surface area contributed by atoms with Crippen molar-refractivity contribution in [1.29, 1.82) is 0 Å². The van der Waals surface area contributed by atoms with Crippen molar-refractivity contribution in [2.75, 3.05) is 19.7 Å². The second kappa shape index (κ2) is 4.42. The predicted molar refractivity (Wildman–Crippen MR) is 62.9 cm³/mol. The van der Waals surface area contributed by atoms with Crippen LogP contribution in [0, 0.1) is 5.92 Å². The van der Waals surface area contributed by atoms with Gasteiger partial charge in [0.05, 0.1) is 6.61 Å². The SMILES string of the molecule is Cl.c1ccc2c(c1)OCC[C@H]1CNC[C@H]21. The van der Waals surface area contributed by atoms with Gasteiger partial charge in [-0.1, -0.05) is 18.2 Å². The van der Waals surface area contributed by atoms with Crippen molar-refractivity contribution in [3.8, 4) is 5.75 Å². The van der Waals surface area contributed by atoms with Crippen LogP contribution in [0.3, 0.4) is 0 Å². The number of rotatable bonds is 0. The molecule has 0 aromatic heterocycles. The highest BCUT2D eigenvalue weighted by Gasteiger charge is 2.32. The average Bonchev–Trinajstić information content (AvgIpc) is 2.61. The number of para-hydroxylation sites is 1. The maximum atomic E-state index is 5.76. The zero-order chi connectivity index (χ0) is 9.38. The van der Waals surface area contributed by atoms with Crippen molar-refractivity contribution in [3.05, 3.63) is 29.8 Å². The standard InChI is InChI=1S/C12H15NO.ClH/c1-2-4-12-10(3-1)11-8-13-7-9(11)5-6-14-12;/h1-4,9,11,13H,5-8H2;1H/t9-,11-;/m0./s1. The molecule has 0 saturated carbocycles. The van der Waals surface area contributed by atoms with Gasteiger partial charge in [0.15, 0.2) is 0 Å². The first kappa shape index (κ1) is 10.8. The summed E-state index contributed by atoms with van der Waals surface area (Å²) in [6.07, 6.45) is 1.19. The van der Waals surface area contributed by atoms with Crippen LogP contribution in [0.5, 0.6) is 5.75 Å². The third-order valence-corrected chi connectivity index (χ3v) is 3.40. The second-order valence-electron chi connectivity index (χ2n) is 4.20. The highest BCUT2D eigenvalue weighted by Crippen LogP contribution is 2.38. The third-order valence-electron chi connectivity index (χ3n) is 3.40. The van der Waals surface area contributed by atoms with Gasteiger partial charge < -0.3 is 10.1 Å². The van der Waals surface area contributed by atoms with Gasteiger partial charge in [0, 0.05) is 12.5 Å². The van der Waals surface area contributed by atoms with E-state index in [0.717, 1.165) is 31.4 Å². The predicted octanol–water partition coefficient (Wildman–Crippen LogP) is 2.19. The highest BCUT2D eigenvalue weighted by atomic mass is 35.5. The summed E-state index contributed by atoms with van der Waals surface area (Å²) in [5, 5.41) is 3.48. The molecule has 0 unspecified atom stereocenters. The lowest BCUT2D eigenvalue weighted by Gasteiger charge is -2.15. The van der Waals surface area contributed by atoms with Crippen molar-refractivity contribution >= 4 is 12.4 Å². The Morgan fingerprint density at radius 1 is 1.20 bits per heavy atom. The molecule has 1 saturated heterocycles. The number of hydrogen-bond donors (Lipinski definition) is 1. The molecule has 1 aromatic carbocycles. The van der Waals surface area contributed by atoms with Gasteiger partial charge in [-0.15, -0.1) is 12.4 Å². The number of fused-ring (bicyclic) bond motifs is 3. The van der Waals surface area contributed by atoms with Gasteiger partial charge in [0.25, 0.3) is 0 Å². The number of benzene rings is 1. The van der Waals surface area contributed by atoms with Crippen molar-refractivity contribution < 1.29 is 4.74 Å². The normalized spacial score (nSPS) is 28.0. The van der Waals surface area contributed by atoms with E-state index in [1.54, 1.807) is 0 Å². The van der Waals surface area contributed by atoms with Crippen LogP contribution in [-0.2, 0) is 0 Å². The molecule has 3 heteroatoms. The van der Waals surface area contributed by atoms with E-state index >= 15 is 0 Å². The molecule has 2 nitrogen and oxygen atoms in total. The van der Waals surface area contributed by atoms with Crippen LogP contribution >= 0.6 is 12.4 Å². The summed E-state index contributed by atoms with van der Waals surface area (Å²) in [5.41, 5.74) is 1.40. The molecule has 1 aromatic rings. The highest BCUT2D eigenvalue weighted by molar-refractivity contribution is 5.85. The Kier molecular flexibility index (Phi) is 3.17. The maximum Gasteiger partial charge on any atom is 0.122 e. The Bertz CT molecular complexity index is 342. The van der Waals surface area contributed by atoms with Gasteiger partial charge in [-0.05, 0) is 30.5 Å². The van der Waals surface area contributed by atoms with Gasteiger partial charge in [-0.2, -0.15) is 0 Å². The smallest absolute Gasteiger partial charge is 0.122 e. The van der Waals surface area contributed by atoms with Gasteiger partial charge in [-0.25, -0.2) is 0 Å². The summed E-state index contributed by atoms with van der Waals surface area (Å²) in [5.74, 6) is 2.55. The molecule has 0 amide bonds. The topological polar surface area (TPSA) is 21.3 Å². The molecule has 0 aliphatic carbocycles. The van der Waals surface area contributed by atoms with Crippen molar-refractivity contribution in [1.82, 2.24) is 5.32 Å². The minimum atomic E-state index is 0. The molecular formula is C12H16ClNO. The lowest BCUT2D eigenvalue weighted by Crippen LogP contribution is -2.11. The fourth-order valence-electron chi connectivity index (χ4n) is 2.64. The van der Waals surface area contributed by atoms with E-state index in [0.29, 0.717) is 5.92 Å². The number of hydrogen-bond acceptors (Lipinski definition) is 2. The molecule has 0 spiro atoms. The Hall–Kier alpha value is -0.730. The minimum absolute atomic E-state index is 0. The molecule has 82 valence electrons. The fraction of sp³-hybridized carbons (Fsp3) is 0.500. The molecule has 1 N–H and O–H groups in total. The van der Waals surface area contributed by atoms with E-state index in [1.807, 2.05) is 0 Å². The molecule has 0 radical (unpaired) electrons. The molecule has 2 atom stereocenters. The van der Waals surface area contributed by atoms with Crippen molar-refractivity contribution in [3.63, 3.8) is 0 Å². The quantitative estimate of drug-likeness (QED) is 0.731. The minimum Gasteiger partial charge on any atom is -0.493 e. The summed E-state index contributed by atoms with van der Waals surface area (Å²) in [6.45, 7) is 3.15. The molecule has 1 fully saturated rings. The maximum absolute atomic E-state index is 5.76. The van der Waals surface area contributed by atoms with Gasteiger partial charge in [0.1, 0.15) is 5.75 Å². The lowest BCUT2D eigenvalue weighted by molar-refractivity contribution is 0.296. The van der Waals surface area contributed by atoms with Gasteiger partial charge in [0.2, 0.25) is 0 Å². The van der Waals surface area contributed by atoms with Crippen LogP contribution in [0.4, 0.5) is 0 Å². The molecule has 2 aliphatic heterocycles. The van der Waals surface area contributed by atoms with Crippen molar-refractivity contribution in [2.24, 2.45) is 5.92 Å². The summed E-state index contributed by atoms with van der Waals surface area (Å²) < 4.78 is 5.76. The number of halogens is 1. The average molecular weight is 226 g/mol. The zero-order valence-corrected chi connectivity index (χ0v) is 9.43. The van der Waals surface area contributed by atoms with Gasteiger partial charge in [-0.3, -0.25) is 0 Å².